The molecule has 0 aromatic rings. The normalized spacial score (nSPS) is 48.6. The Kier molecular flexibility index (Phi) is 4.57. The van der Waals surface area contributed by atoms with Gasteiger partial charge in [0.05, 0.1) is 18.0 Å². The third kappa shape index (κ3) is 2.58. The Labute approximate surface area is 163 Å². The number of nitrogens with zero attached hydrogens (tertiary/aromatic N) is 1. The quantitative estimate of drug-likeness (QED) is 0.674. The molecule has 0 amide bonds. The minimum Gasteiger partial charge on any atom is -0.498 e. The van der Waals surface area contributed by atoms with Gasteiger partial charge in [0.25, 0.3) is 0 Å². The molecule has 27 heavy (non-hydrogen) atoms. The summed E-state index contributed by atoms with van der Waals surface area (Å²) in [5.74, 6) is 2.72. The fourth-order valence-electron chi connectivity index (χ4n) is 7.72. The highest BCUT2D eigenvalue weighted by Crippen LogP contribution is 2.68. The summed E-state index contributed by atoms with van der Waals surface area (Å²) in [6.07, 6.45) is 11.2. The minimum absolute atomic E-state index is 0.161. The van der Waals surface area contributed by atoms with Gasteiger partial charge in [-0.1, -0.05) is 18.2 Å². The van der Waals surface area contributed by atoms with Gasteiger partial charge >= 0.3 is 0 Å². The van der Waals surface area contributed by atoms with Crippen molar-refractivity contribution in [2.45, 2.75) is 83.8 Å². The summed E-state index contributed by atoms with van der Waals surface area (Å²) >= 11 is 0. The average Bonchev–Trinajstić information content (AvgIpc) is 2.94. The van der Waals surface area contributed by atoms with Crippen LogP contribution in [0.5, 0.6) is 0 Å². The highest BCUT2D eigenvalue weighted by molar-refractivity contribution is 5.33. The lowest BCUT2D eigenvalue weighted by molar-refractivity contribution is -0.164. The molecule has 1 N–H and O–H groups in total. The smallest absolute Gasteiger partial charge is 0.106 e. The number of hydrogen-bond donors (Lipinski definition) is 1. The number of aliphatic hydroxyl groups is 1. The molecule has 0 saturated heterocycles. The van der Waals surface area contributed by atoms with E-state index in [1.807, 2.05) is 20.8 Å². The van der Waals surface area contributed by atoms with E-state index >= 15 is 0 Å². The van der Waals surface area contributed by atoms with Gasteiger partial charge in [-0.05, 0) is 94.6 Å². The van der Waals surface area contributed by atoms with Gasteiger partial charge in [-0.25, -0.2) is 0 Å². The number of rotatable bonds is 4. The Bertz CT molecular complexity index is 681. The van der Waals surface area contributed by atoms with Crippen LogP contribution in [-0.4, -0.2) is 22.9 Å². The fraction of sp³-hybridized carbons (Fsp3) is 0.826. The Balaban J connectivity index is 1.74. The summed E-state index contributed by atoms with van der Waals surface area (Å²) in [4.78, 5) is 11.9. The molecule has 0 aromatic carbocycles. The Morgan fingerprint density at radius 3 is 2.74 bits per heavy atom. The minimum atomic E-state index is -0.755. The summed E-state index contributed by atoms with van der Waals surface area (Å²) in [6, 6.07) is 0. The molecule has 0 radical (unpaired) electrons. The van der Waals surface area contributed by atoms with Crippen LogP contribution in [0.25, 0.3) is 0 Å². The molecule has 4 aliphatic rings. The van der Waals surface area contributed by atoms with E-state index in [-0.39, 0.29) is 11.3 Å². The van der Waals surface area contributed by atoms with E-state index in [0.717, 1.165) is 44.3 Å². The molecule has 4 aliphatic carbocycles. The van der Waals surface area contributed by atoms with E-state index < -0.39 is 11.1 Å². The van der Waals surface area contributed by atoms with Crippen molar-refractivity contribution in [1.29, 1.82) is 0 Å². The van der Waals surface area contributed by atoms with E-state index in [4.69, 9.17) is 4.74 Å². The second-order valence-corrected chi connectivity index (χ2v) is 9.87. The molecule has 4 nitrogen and oxygen atoms in total. The lowest BCUT2D eigenvalue weighted by Crippen LogP contribution is -2.61. The van der Waals surface area contributed by atoms with Gasteiger partial charge in [0, 0.05) is 11.8 Å². The zero-order valence-electron chi connectivity index (χ0n) is 17.3. The van der Waals surface area contributed by atoms with E-state index in [1.54, 1.807) is 0 Å². The number of ether oxygens (including phenoxy) is 1. The number of fused-ring (bicyclic) bond motifs is 5. The van der Waals surface area contributed by atoms with Gasteiger partial charge in [0.1, 0.15) is 5.54 Å². The molecule has 0 aromatic heterocycles. The van der Waals surface area contributed by atoms with Gasteiger partial charge in [-0.2, -0.15) is 4.91 Å². The standard InChI is InChI=1S/C23H35NO3/c1-5-23-14-21(3,25)20-17-10-8-16(27-6-2)13-15(17)7-9-18(20)19(23)11-12-22(23,4)24-26/h7,13,17-20,25H,5-6,8-12,14H2,1-4H3. The van der Waals surface area contributed by atoms with Crippen molar-refractivity contribution >= 4 is 0 Å². The molecule has 0 heterocycles. The van der Waals surface area contributed by atoms with Crippen LogP contribution in [-0.2, 0) is 4.74 Å². The molecule has 0 spiro atoms. The first-order valence-electron chi connectivity index (χ1n) is 10.9. The van der Waals surface area contributed by atoms with Crippen LogP contribution in [0.3, 0.4) is 0 Å². The molecule has 0 aliphatic heterocycles. The maximum absolute atomic E-state index is 11.9. The lowest BCUT2D eigenvalue weighted by Gasteiger charge is -2.60. The fourth-order valence-corrected chi connectivity index (χ4v) is 7.72. The second kappa shape index (κ2) is 6.43. The van der Waals surface area contributed by atoms with Crippen molar-refractivity contribution in [2.75, 3.05) is 6.61 Å². The van der Waals surface area contributed by atoms with Crippen molar-refractivity contribution in [3.8, 4) is 0 Å². The molecule has 4 rings (SSSR count). The molecule has 0 bridgehead atoms. The molecular weight excluding hydrogens is 338 g/mol. The van der Waals surface area contributed by atoms with Crippen molar-refractivity contribution in [3.05, 3.63) is 28.4 Å². The molecule has 4 heteroatoms. The Morgan fingerprint density at radius 2 is 2.07 bits per heavy atom. The van der Waals surface area contributed by atoms with Crippen LogP contribution >= 0.6 is 0 Å². The first-order valence-corrected chi connectivity index (χ1v) is 10.9. The topological polar surface area (TPSA) is 58.9 Å². The van der Waals surface area contributed by atoms with Crippen LogP contribution in [0.1, 0.15) is 72.6 Å². The maximum atomic E-state index is 11.9. The Morgan fingerprint density at radius 1 is 1.30 bits per heavy atom. The summed E-state index contributed by atoms with van der Waals surface area (Å²) in [6.45, 7) is 9.02. The molecule has 2 fully saturated rings. The predicted molar refractivity (Wildman–Crippen MR) is 107 cm³/mol. The van der Waals surface area contributed by atoms with E-state index in [1.165, 1.54) is 5.57 Å². The largest absolute Gasteiger partial charge is 0.498 e. The maximum Gasteiger partial charge on any atom is 0.106 e. The second-order valence-electron chi connectivity index (χ2n) is 9.87. The molecule has 2 saturated carbocycles. The third-order valence-corrected chi connectivity index (χ3v) is 8.77. The summed E-state index contributed by atoms with van der Waals surface area (Å²) < 4.78 is 5.78. The van der Waals surface area contributed by atoms with Crippen LogP contribution in [0.2, 0.25) is 0 Å². The van der Waals surface area contributed by atoms with Crippen molar-refractivity contribution in [2.24, 2.45) is 34.3 Å². The van der Waals surface area contributed by atoms with Crippen LogP contribution in [0.4, 0.5) is 0 Å². The molecule has 7 unspecified atom stereocenters. The zero-order valence-corrected chi connectivity index (χ0v) is 17.3. The summed E-state index contributed by atoms with van der Waals surface area (Å²) in [5, 5.41) is 15.4. The highest BCUT2D eigenvalue weighted by Gasteiger charge is 2.67. The first-order chi connectivity index (χ1) is 12.8. The molecular formula is C23H35NO3. The SMILES string of the molecule is CCOC1=CC2=CCC3C(C2CC1)C(C)(O)CC1(CC)C3CCC1(C)N=O. The molecule has 7 atom stereocenters. The van der Waals surface area contributed by atoms with Crippen molar-refractivity contribution in [3.63, 3.8) is 0 Å². The third-order valence-electron chi connectivity index (χ3n) is 8.77. The number of nitroso groups, excluding NO2 is 1. The average molecular weight is 374 g/mol. The van der Waals surface area contributed by atoms with Crippen LogP contribution < -0.4 is 0 Å². The van der Waals surface area contributed by atoms with E-state index in [2.05, 4.69) is 24.3 Å². The predicted octanol–water partition coefficient (Wildman–Crippen LogP) is 5.37. The van der Waals surface area contributed by atoms with Crippen LogP contribution in [0, 0.1) is 34.0 Å². The number of allylic oxidation sites excluding steroid dienone is 4. The number of hydrogen-bond acceptors (Lipinski definition) is 4. The zero-order chi connectivity index (χ0) is 19.4. The Hall–Kier alpha value is -1.16. The summed E-state index contributed by atoms with van der Waals surface area (Å²) in [7, 11) is 0. The van der Waals surface area contributed by atoms with Gasteiger partial charge in [0.15, 0.2) is 0 Å². The van der Waals surface area contributed by atoms with Gasteiger partial charge in [-0.15, -0.1) is 0 Å². The lowest BCUT2D eigenvalue weighted by atomic mass is 9.46. The van der Waals surface area contributed by atoms with E-state index in [0.29, 0.717) is 30.8 Å². The van der Waals surface area contributed by atoms with Crippen molar-refractivity contribution in [1.82, 2.24) is 0 Å². The monoisotopic (exact) mass is 373 g/mol. The van der Waals surface area contributed by atoms with Gasteiger partial charge in [-0.3, -0.25) is 0 Å². The summed E-state index contributed by atoms with van der Waals surface area (Å²) in [5.41, 5.74) is -0.0927. The van der Waals surface area contributed by atoms with Crippen LogP contribution in [0.15, 0.2) is 28.7 Å². The van der Waals surface area contributed by atoms with Crippen molar-refractivity contribution < 1.29 is 9.84 Å². The highest BCUT2D eigenvalue weighted by atomic mass is 16.5. The van der Waals surface area contributed by atoms with Gasteiger partial charge in [0.2, 0.25) is 0 Å². The van der Waals surface area contributed by atoms with E-state index in [9.17, 15) is 10.0 Å². The molecule has 150 valence electrons. The van der Waals surface area contributed by atoms with Gasteiger partial charge < -0.3 is 9.84 Å². The first kappa shape index (κ1) is 19.2.